The van der Waals surface area contributed by atoms with E-state index in [-0.39, 0.29) is 11.1 Å². The number of hydrogen-bond acceptors (Lipinski definition) is 7. The van der Waals surface area contributed by atoms with Gasteiger partial charge in [-0.15, -0.1) is 0 Å². The molecule has 0 aliphatic carbocycles. The summed E-state index contributed by atoms with van der Waals surface area (Å²) in [6.07, 6.45) is 4.92. The number of alkyl halides is 1. The first-order valence-corrected chi connectivity index (χ1v) is 11.7. The minimum atomic E-state index is -0.809. The van der Waals surface area contributed by atoms with Crippen molar-refractivity contribution in [3.8, 4) is 0 Å². The zero-order chi connectivity index (χ0) is 22.4. The van der Waals surface area contributed by atoms with Gasteiger partial charge in [0, 0.05) is 38.0 Å². The van der Waals surface area contributed by atoms with Gasteiger partial charge in [-0.3, -0.25) is 4.98 Å². The Morgan fingerprint density at radius 3 is 2.81 bits per heavy atom. The lowest BCUT2D eigenvalue weighted by atomic mass is 10.1. The van der Waals surface area contributed by atoms with Crippen LogP contribution in [0.5, 0.6) is 0 Å². The Balaban J connectivity index is 1.34. The molecule has 1 fully saturated rings. The van der Waals surface area contributed by atoms with E-state index < -0.39 is 12.0 Å². The molecule has 2 aromatic rings. The van der Waals surface area contributed by atoms with Gasteiger partial charge in [-0.2, -0.15) is 0 Å². The van der Waals surface area contributed by atoms with Gasteiger partial charge < -0.3 is 20.4 Å². The molecule has 3 aliphatic rings. The van der Waals surface area contributed by atoms with Crippen LogP contribution < -0.4 is 15.5 Å². The Morgan fingerprint density at radius 2 is 2.06 bits per heavy atom. The molecule has 2 N–H and O–H groups in total. The summed E-state index contributed by atoms with van der Waals surface area (Å²) in [7, 11) is 2.04. The lowest BCUT2D eigenvalue weighted by molar-refractivity contribution is 0.286. The Labute approximate surface area is 190 Å². The molecule has 0 radical (unpaired) electrons. The lowest BCUT2D eigenvalue weighted by Gasteiger charge is -2.33. The van der Waals surface area contributed by atoms with Gasteiger partial charge in [0.25, 0.3) is 0 Å². The van der Waals surface area contributed by atoms with Crippen molar-refractivity contribution in [3.63, 3.8) is 0 Å². The first kappa shape index (κ1) is 21.1. The highest BCUT2D eigenvalue weighted by Gasteiger charge is 2.38. The molecular formula is C23H26F2N6S. The fourth-order valence-corrected chi connectivity index (χ4v) is 5.97. The van der Waals surface area contributed by atoms with E-state index in [4.69, 9.17) is 5.73 Å². The molecule has 4 heterocycles. The summed E-state index contributed by atoms with van der Waals surface area (Å²) in [6, 6.07) is 5.05. The van der Waals surface area contributed by atoms with Gasteiger partial charge >= 0.3 is 0 Å². The SMILES string of the molecule is C=C1C2=C(CCN1c1cccc(N)c1F)N(C)C(c1cnc(N3CCCC(F)C3)cn1)S2. The summed E-state index contributed by atoms with van der Waals surface area (Å²) in [5, 5.41) is -0.0424. The van der Waals surface area contributed by atoms with E-state index in [0.29, 0.717) is 31.0 Å². The van der Waals surface area contributed by atoms with Crippen molar-refractivity contribution in [1.82, 2.24) is 14.9 Å². The summed E-state index contributed by atoms with van der Waals surface area (Å²) >= 11 is 1.65. The average molecular weight is 457 g/mol. The molecule has 0 bridgehead atoms. The summed E-state index contributed by atoms with van der Waals surface area (Å²) in [5.74, 6) is 0.299. The smallest absolute Gasteiger partial charge is 0.169 e. The maximum Gasteiger partial charge on any atom is 0.169 e. The van der Waals surface area contributed by atoms with Gasteiger partial charge in [0.05, 0.1) is 40.9 Å². The summed E-state index contributed by atoms with van der Waals surface area (Å²) < 4.78 is 28.4. The third-order valence-corrected chi connectivity index (χ3v) is 7.82. The second-order valence-electron chi connectivity index (χ2n) is 8.37. The van der Waals surface area contributed by atoms with Crippen LogP contribution in [0.15, 0.2) is 53.5 Å². The predicted molar refractivity (Wildman–Crippen MR) is 125 cm³/mol. The molecule has 1 aromatic heterocycles. The van der Waals surface area contributed by atoms with E-state index >= 15 is 0 Å². The zero-order valence-corrected chi connectivity index (χ0v) is 18.8. The third kappa shape index (κ3) is 3.58. The van der Waals surface area contributed by atoms with Gasteiger partial charge in [0.15, 0.2) is 5.82 Å². The highest BCUT2D eigenvalue weighted by Crippen LogP contribution is 2.52. The molecule has 168 valence electrons. The number of aromatic nitrogens is 2. The molecule has 0 amide bonds. The van der Waals surface area contributed by atoms with Gasteiger partial charge in [0.1, 0.15) is 17.4 Å². The third-order valence-electron chi connectivity index (χ3n) is 6.33. The molecule has 1 saturated heterocycles. The lowest BCUT2D eigenvalue weighted by Crippen LogP contribution is -2.37. The largest absolute Gasteiger partial charge is 0.396 e. The van der Waals surface area contributed by atoms with Crippen molar-refractivity contribution >= 4 is 29.0 Å². The molecule has 32 heavy (non-hydrogen) atoms. The van der Waals surface area contributed by atoms with Crippen molar-refractivity contribution in [2.24, 2.45) is 0 Å². The Kier molecular flexibility index (Phi) is 5.44. The average Bonchev–Trinajstić information content (AvgIpc) is 3.14. The number of thioether (sulfide) groups is 1. The van der Waals surface area contributed by atoms with Crippen LogP contribution in [0.4, 0.5) is 26.0 Å². The van der Waals surface area contributed by atoms with Crippen LogP contribution in [0.2, 0.25) is 0 Å². The molecule has 9 heteroatoms. The van der Waals surface area contributed by atoms with Gasteiger partial charge in [0.2, 0.25) is 0 Å². The van der Waals surface area contributed by atoms with Gasteiger partial charge in [-0.1, -0.05) is 24.4 Å². The van der Waals surface area contributed by atoms with E-state index in [2.05, 4.69) is 21.4 Å². The van der Waals surface area contributed by atoms with Crippen LogP contribution >= 0.6 is 11.8 Å². The second-order valence-corrected chi connectivity index (χ2v) is 9.46. The van der Waals surface area contributed by atoms with Gasteiger partial charge in [-0.05, 0) is 25.0 Å². The van der Waals surface area contributed by atoms with E-state index in [9.17, 15) is 8.78 Å². The summed E-state index contributed by atoms with van der Waals surface area (Å²) in [5.41, 5.74) is 9.13. The maximum atomic E-state index is 14.7. The van der Waals surface area contributed by atoms with Crippen molar-refractivity contribution in [2.75, 3.05) is 42.2 Å². The van der Waals surface area contributed by atoms with Crippen LogP contribution in [0.25, 0.3) is 0 Å². The van der Waals surface area contributed by atoms with Crippen LogP contribution in [0.3, 0.4) is 0 Å². The topological polar surface area (TPSA) is 61.5 Å². The minimum absolute atomic E-state index is 0.0424. The number of anilines is 3. The highest BCUT2D eigenvalue weighted by molar-refractivity contribution is 8.03. The number of benzene rings is 1. The molecule has 0 spiro atoms. The molecular weight excluding hydrogens is 430 g/mol. The molecule has 5 rings (SSSR count). The normalized spacial score (nSPS) is 23.7. The first-order chi connectivity index (χ1) is 15.4. The molecule has 1 aromatic carbocycles. The van der Waals surface area contributed by atoms with Crippen LogP contribution in [-0.2, 0) is 0 Å². The van der Waals surface area contributed by atoms with E-state index in [1.165, 1.54) is 5.70 Å². The number of nitrogens with zero attached hydrogens (tertiary/aromatic N) is 5. The van der Waals surface area contributed by atoms with Crippen molar-refractivity contribution < 1.29 is 8.78 Å². The Bertz CT molecular complexity index is 1070. The Morgan fingerprint density at radius 1 is 1.22 bits per heavy atom. The molecule has 0 saturated carbocycles. The molecule has 3 aliphatic heterocycles. The maximum absolute atomic E-state index is 14.7. The number of nitrogens with two attached hydrogens (primary N) is 1. The number of nitrogen functional groups attached to an aromatic ring is 1. The molecule has 2 unspecified atom stereocenters. The monoisotopic (exact) mass is 456 g/mol. The quantitative estimate of drug-likeness (QED) is 0.685. The second kappa shape index (κ2) is 8.27. The first-order valence-electron chi connectivity index (χ1n) is 10.8. The van der Waals surface area contributed by atoms with Crippen LogP contribution in [-0.4, -0.2) is 47.7 Å². The van der Waals surface area contributed by atoms with Crippen molar-refractivity contribution in [3.05, 3.63) is 65.0 Å². The Hall–Kier alpha value is -2.81. The fourth-order valence-electron chi connectivity index (χ4n) is 4.59. The van der Waals surface area contributed by atoms with Crippen molar-refractivity contribution in [1.29, 1.82) is 0 Å². The molecule has 6 nitrogen and oxygen atoms in total. The summed E-state index contributed by atoms with van der Waals surface area (Å²) in [4.78, 5) is 16.3. The number of rotatable bonds is 3. The molecule has 2 atom stereocenters. The number of piperidine rings is 1. The van der Waals surface area contributed by atoms with E-state index in [0.717, 1.165) is 35.7 Å². The predicted octanol–water partition coefficient (Wildman–Crippen LogP) is 4.45. The van der Waals surface area contributed by atoms with Crippen LogP contribution in [0, 0.1) is 5.82 Å². The number of hydrogen-bond donors (Lipinski definition) is 1. The summed E-state index contributed by atoms with van der Waals surface area (Å²) in [6.45, 7) is 6.07. The standard InChI is InChI=1S/C23H26F2N6S/c1-14-22-19(8-10-31(14)18-7-3-6-16(26)21(18)25)29(2)23(32-22)17-11-28-20(12-27-17)30-9-4-5-15(24)13-30/h3,6-7,11-12,15,23H,1,4-5,8-10,13,26H2,2H3. The zero-order valence-electron chi connectivity index (χ0n) is 18.0. The van der Waals surface area contributed by atoms with Crippen molar-refractivity contribution in [2.45, 2.75) is 30.8 Å². The minimum Gasteiger partial charge on any atom is -0.396 e. The highest BCUT2D eigenvalue weighted by atomic mass is 32.2. The number of halogens is 2. The fraction of sp³-hybridized carbons (Fsp3) is 0.391. The van der Waals surface area contributed by atoms with E-state index in [1.54, 1.807) is 42.4 Å². The van der Waals surface area contributed by atoms with Gasteiger partial charge in [-0.25, -0.2) is 13.8 Å². The van der Waals surface area contributed by atoms with E-state index in [1.807, 2.05) is 16.8 Å². The van der Waals surface area contributed by atoms with Crippen LogP contribution in [0.1, 0.15) is 30.3 Å².